The van der Waals surface area contributed by atoms with Crippen molar-refractivity contribution in [1.29, 1.82) is 0 Å². The van der Waals surface area contributed by atoms with Crippen molar-refractivity contribution in [1.82, 2.24) is 0 Å². The van der Waals surface area contributed by atoms with Gasteiger partial charge in [-0.3, -0.25) is 0 Å². The summed E-state index contributed by atoms with van der Waals surface area (Å²) < 4.78 is 48.8. The van der Waals surface area contributed by atoms with Crippen LogP contribution in [0.25, 0.3) is 11.1 Å². The Morgan fingerprint density at radius 3 is 2.17 bits per heavy atom. The van der Waals surface area contributed by atoms with Crippen molar-refractivity contribution in [3.63, 3.8) is 0 Å². The first-order chi connectivity index (χ1) is 10.8. The van der Waals surface area contributed by atoms with E-state index in [1.807, 2.05) is 0 Å². The van der Waals surface area contributed by atoms with E-state index >= 15 is 0 Å². The lowest BCUT2D eigenvalue weighted by Gasteiger charge is -2.14. The molecule has 0 radical (unpaired) electrons. The molecule has 0 spiro atoms. The standard InChI is InChI=1S/C16H13F3O4/c1-22-13-6-4-10(16(17,18)19)8-12(13)9-3-5-11(15(20)21)14(7-9)23-2/h3-8H,1-2H3,(H,20,21). The number of carboxylic acids is 1. The first-order valence-electron chi connectivity index (χ1n) is 6.45. The Balaban J connectivity index is 2.63. The molecule has 1 N–H and O–H groups in total. The minimum Gasteiger partial charge on any atom is -0.496 e. The van der Waals surface area contributed by atoms with Gasteiger partial charge in [0, 0.05) is 5.56 Å². The Bertz CT molecular complexity index is 739. The molecule has 23 heavy (non-hydrogen) atoms. The summed E-state index contributed by atoms with van der Waals surface area (Å²) in [6.45, 7) is 0. The van der Waals surface area contributed by atoms with Gasteiger partial charge in [-0.2, -0.15) is 13.2 Å². The van der Waals surface area contributed by atoms with E-state index in [1.165, 1.54) is 38.5 Å². The van der Waals surface area contributed by atoms with Gasteiger partial charge in [0.05, 0.1) is 19.8 Å². The molecule has 122 valence electrons. The summed E-state index contributed by atoms with van der Waals surface area (Å²) in [6.07, 6.45) is -4.49. The van der Waals surface area contributed by atoms with Gasteiger partial charge in [-0.25, -0.2) is 4.79 Å². The van der Waals surface area contributed by atoms with Crippen molar-refractivity contribution in [2.75, 3.05) is 14.2 Å². The number of benzene rings is 2. The lowest BCUT2D eigenvalue weighted by atomic mass is 9.99. The Morgan fingerprint density at radius 2 is 1.65 bits per heavy atom. The van der Waals surface area contributed by atoms with E-state index in [-0.39, 0.29) is 22.6 Å². The maximum absolute atomic E-state index is 12.9. The lowest BCUT2D eigenvalue weighted by molar-refractivity contribution is -0.137. The van der Waals surface area contributed by atoms with Crippen LogP contribution in [0.1, 0.15) is 15.9 Å². The van der Waals surface area contributed by atoms with Gasteiger partial charge < -0.3 is 14.6 Å². The third-order valence-electron chi connectivity index (χ3n) is 3.27. The topological polar surface area (TPSA) is 55.8 Å². The summed E-state index contributed by atoms with van der Waals surface area (Å²) in [7, 11) is 2.63. The van der Waals surface area contributed by atoms with Crippen molar-refractivity contribution < 1.29 is 32.5 Å². The van der Waals surface area contributed by atoms with E-state index in [0.29, 0.717) is 5.56 Å². The molecule has 4 nitrogen and oxygen atoms in total. The summed E-state index contributed by atoms with van der Waals surface area (Å²) in [4.78, 5) is 11.1. The fourth-order valence-corrected chi connectivity index (χ4v) is 2.15. The molecule has 0 aliphatic rings. The molecule has 2 rings (SSSR count). The smallest absolute Gasteiger partial charge is 0.416 e. The molecular formula is C16H13F3O4. The zero-order chi connectivity index (χ0) is 17.2. The average molecular weight is 326 g/mol. The first-order valence-corrected chi connectivity index (χ1v) is 6.45. The number of hydrogen-bond donors (Lipinski definition) is 1. The SMILES string of the molecule is COc1cc(-c2cc(C(F)(F)F)ccc2OC)ccc1C(=O)O. The zero-order valence-electron chi connectivity index (χ0n) is 12.3. The number of aromatic carboxylic acids is 1. The zero-order valence-corrected chi connectivity index (χ0v) is 12.3. The van der Waals surface area contributed by atoms with Gasteiger partial charge in [-0.1, -0.05) is 6.07 Å². The van der Waals surface area contributed by atoms with Crippen molar-refractivity contribution in [2.24, 2.45) is 0 Å². The highest BCUT2D eigenvalue weighted by Crippen LogP contribution is 2.38. The highest BCUT2D eigenvalue weighted by atomic mass is 19.4. The molecule has 2 aromatic carbocycles. The molecule has 7 heteroatoms. The number of carboxylic acid groups (broad SMARTS) is 1. The molecule has 0 bridgehead atoms. The largest absolute Gasteiger partial charge is 0.496 e. The number of hydrogen-bond acceptors (Lipinski definition) is 3. The van der Waals surface area contributed by atoms with Crippen LogP contribution in [0.3, 0.4) is 0 Å². The van der Waals surface area contributed by atoms with Crippen LogP contribution in [-0.2, 0) is 6.18 Å². The quantitative estimate of drug-likeness (QED) is 0.919. The van der Waals surface area contributed by atoms with Gasteiger partial charge in [0.15, 0.2) is 0 Å². The predicted molar refractivity (Wildman–Crippen MR) is 76.9 cm³/mol. The average Bonchev–Trinajstić information content (AvgIpc) is 2.52. The molecule has 0 aliphatic carbocycles. The van der Waals surface area contributed by atoms with Crippen LogP contribution >= 0.6 is 0 Å². The van der Waals surface area contributed by atoms with Crippen LogP contribution in [0.4, 0.5) is 13.2 Å². The van der Waals surface area contributed by atoms with Crippen LogP contribution in [0.2, 0.25) is 0 Å². The van der Waals surface area contributed by atoms with E-state index in [1.54, 1.807) is 0 Å². The maximum atomic E-state index is 12.9. The Hall–Kier alpha value is -2.70. The van der Waals surface area contributed by atoms with Gasteiger partial charge in [-0.15, -0.1) is 0 Å². The fraction of sp³-hybridized carbons (Fsp3) is 0.188. The molecule has 0 fully saturated rings. The molecule has 2 aromatic rings. The number of rotatable bonds is 4. The lowest BCUT2D eigenvalue weighted by Crippen LogP contribution is -2.05. The van der Waals surface area contributed by atoms with Crippen LogP contribution in [0.15, 0.2) is 36.4 Å². The highest BCUT2D eigenvalue weighted by molar-refractivity contribution is 5.92. The summed E-state index contributed by atoms with van der Waals surface area (Å²) in [6, 6.07) is 7.14. The van der Waals surface area contributed by atoms with Gasteiger partial charge in [0.2, 0.25) is 0 Å². The maximum Gasteiger partial charge on any atom is 0.416 e. The van der Waals surface area contributed by atoms with E-state index in [0.717, 1.165) is 12.1 Å². The highest BCUT2D eigenvalue weighted by Gasteiger charge is 2.31. The molecule has 0 amide bonds. The molecule has 0 saturated carbocycles. The number of carbonyl (C=O) groups is 1. The number of halogens is 3. The van der Waals surface area contributed by atoms with Crippen LogP contribution < -0.4 is 9.47 Å². The molecule has 0 atom stereocenters. The predicted octanol–water partition coefficient (Wildman–Crippen LogP) is 4.09. The molecule has 0 heterocycles. The minimum atomic E-state index is -4.49. The molecule has 0 unspecified atom stereocenters. The minimum absolute atomic E-state index is 0.0504. The monoisotopic (exact) mass is 326 g/mol. The summed E-state index contributed by atoms with van der Waals surface area (Å²) >= 11 is 0. The summed E-state index contributed by atoms with van der Waals surface area (Å²) in [5, 5.41) is 9.06. The second kappa shape index (κ2) is 6.20. The van der Waals surface area contributed by atoms with E-state index < -0.39 is 17.7 Å². The van der Waals surface area contributed by atoms with E-state index in [9.17, 15) is 18.0 Å². The van der Waals surface area contributed by atoms with E-state index in [2.05, 4.69) is 0 Å². The number of ether oxygens (including phenoxy) is 2. The van der Waals surface area contributed by atoms with Gasteiger partial charge >= 0.3 is 12.1 Å². The van der Waals surface area contributed by atoms with Crippen molar-refractivity contribution >= 4 is 5.97 Å². The van der Waals surface area contributed by atoms with Crippen LogP contribution in [-0.4, -0.2) is 25.3 Å². The van der Waals surface area contributed by atoms with Crippen LogP contribution in [0.5, 0.6) is 11.5 Å². The summed E-state index contributed by atoms with van der Waals surface area (Å²) in [5.74, 6) is -0.901. The molecule has 0 aliphatic heterocycles. The Kier molecular flexibility index (Phi) is 4.49. The molecule has 0 aromatic heterocycles. The Morgan fingerprint density at radius 1 is 1.00 bits per heavy atom. The third kappa shape index (κ3) is 3.39. The Labute approximate surface area is 130 Å². The first kappa shape index (κ1) is 16.7. The van der Waals surface area contributed by atoms with Gasteiger partial charge in [0.25, 0.3) is 0 Å². The van der Waals surface area contributed by atoms with Crippen molar-refractivity contribution in [3.05, 3.63) is 47.5 Å². The fourth-order valence-electron chi connectivity index (χ4n) is 2.15. The van der Waals surface area contributed by atoms with Gasteiger partial charge in [-0.05, 0) is 35.9 Å². The molecular weight excluding hydrogens is 313 g/mol. The normalized spacial score (nSPS) is 11.2. The summed E-state index contributed by atoms with van der Waals surface area (Å²) in [5.41, 5.74) is -0.357. The van der Waals surface area contributed by atoms with E-state index in [4.69, 9.17) is 14.6 Å². The van der Waals surface area contributed by atoms with Gasteiger partial charge in [0.1, 0.15) is 17.1 Å². The second-order valence-corrected chi connectivity index (χ2v) is 4.63. The second-order valence-electron chi connectivity index (χ2n) is 4.63. The number of alkyl halides is 3. The molecule has 0 saturated heterocycles. The van der Waals surface area contributed by atoms with Crippen LogP contribution in [0, 0.1) is 0 Å². The van der Waals surface area contributed by atoms with Crippen molar-refractivity contribution in [2.45, 2.75) is 6.18 Å². The third-order valence-corrected chi connectivity index (χ3v) is 3.27. The number of methoxy groups -OCH3 is 2. The van der Waals surface area contributed by atoms with Crippen molar-refractivity contribution in [3.8, 4) is 22.6 Å².